The molecule has 1 aromatic carbocycles. The summed E-state index contributed by atoms with van der Waals surface area (Å²) in [4.78, 5) is 13.2. The number of rotatable bonds is 5. The summed E-state index contributed by atoms with van der Waals surface area (Å²) >= 11 is 0. The van der Waals surface area contributed by atoms with Gasteiger partial charge in [0.15, 0.2) is 0 Å². The van der Waals surface area contributed by atoms with Crippen LogP contribution in [0, 0.1) is 13.8 Å². The van der Waals surface area contributed by atoms with Crippen LogP contribution >= 0.6 is 0 Å². The molecule has 0 saturated heterocycles. The zero-order valence-corrected chi connectivity index (χ0v) is 10.7. The van der Waals surface area contributed by atoms with Gasteiger partial charge in [0.1, 0.15) is 0 Å². The molecular formula is C13H20N2O2. The molecule has 0 aliphatic carbocycles. The summed E-state index contributed by atoms with van der Waals surface area (Å²) in [6.07, 6.45) is 0. The molecule has 4 heteroatoms. The molecule has 0 aliphatic rings. The quantitative estimate of drug-likeness (QED) is 0.807. The van der Waals surface area contributed by atoms with Crippen molar-refractivity contribution in [2.24, 2.45) is 0 Å². The lowest BCUT2D eigenvalue weighted by Gasteiger charge is -2.18. The van der Waals surface area contributed by atoms with Gasteiger partial charge in [-0.05, 0) is 25.0 Å². The molecule has 0 radical (unpaired) electrons. The van der Waals surface area contributed by atoms with Gasteiger partial charge < -0.3 is 15.3 Å². The molecule has 0 aromatic heterocycles. The average Bonchev–Trinajstić information content (AvgIpc) is 2.28. The molecule has 4 nitrogen and oxygen atoms in total. The first-order chi connectivity index (χ1) is 8.06. The predicted octanol–water partition coefficient (Wildman–Crippen LogP) is 1.17. The predicted molar refractivity (Wildman–Crippen MR) is 69.1 cm³/mol. The van der Waals surface area contributed by atoms with Gasteiger partial charge in [-0.1, -0.05) is 18.2 Å². The molecule has 0 fully saturated rings. The molecular weight excluding hydrogens is 216 g/mol. The first-order valence-electron chi connectivity index (χ1n) is 5.71. The Hall–Kier alpha value is -1.55. The van der Waals surface area contributed by atoms with Crippen molar-refractivity contribution in [1.82, 2.24) is 4.90 Å². The second-order valence-electron chi connectivity index (χ2n) is 4.16. The van der Waals surface area contributed by atoms with Crippen LogP contribution < -0.4 is 5.32 Å². The highest BCUT2D eigenvalue weighted by molar-refractivity contribution is 5.81. The minimum atomic E-state index is -0.0262. The molecule has 0 aliphatic heterocycles. The highest BCUT2D eigenvalue weighted by Crippen LogP contribution is 2.18. The number of aliphatic hydroxyl groups is 1. The smallest absolute Gasteiger partial charge is 0.241 e. The van der Waals surface area contributed by atoms with E-state index in [4.69, 9.17) is 5.11 Å². The fourth-order valence-corrected chi connectivity index (χ4v) is 1.67. The Balaban J connectivity index is 2.59. The number of nitrogens with one attached hydrogen (secondary N) is 1. The molecule has 0 heterocycles. The average molecular weight is 236 g/mol. The number of hydrogen-bond acceptors (Lipinski definition) is 3. The molecule has 1 rings (SSSR count). The molecule has 0 unspecified atom stereocenters. The van der Waals surface area contributed by atoms with Crippen molar-refractivity contribution in [3.05, 3.63) is 29.3 Å². The number of aliphatic hydroxyl groups excluding tert-OH is 1. The number of carbonyl (C=O) groups is 1. The largest absolute Gasteiger partial charge is 0.395 e. The second-order valence-corrected chi connectivity index (χ2v) is 4.16. The van der Waals surface area contributed by atoms with E-state index in [1.165, 1.54) is 4.90 Å². The maximum Gasteiger partial charge on any atom is 0.241 e. The van der Waals surface area contributed by atoms with Gasteiger partial charge >= 0.3 is 0 Å². The molecule has 0 saturated carbocycles. The third-order valence-corrected chi connectivity index (χ3v) is 2.76. The zero-order valence-electron chi connectivity index (χ0n) is 10.7. The van der Waals surface area contributed by atoms with Crippen molar-refractivity contribution in [2.75, 3.05) is 32.1 Å². The van der Waals surface area contributed by atoms with Crippen molar-refractivity contribution in [3.63, 3.8) is 0 Å². The highest BCUT2D eigenvalue weighted by atomic mass is 16.3. The van der Waals surface area contributed by atoms with Crippen LogP contribution in [-0.2, 0) is 4.79 Å². The normalized spacial score (nSPS) is 10.1. The van der Waals surface area contributed by atoms with Crippen LogP contribution in [0.5, 0.6) is 0 Å². The van der Waals surface area contributed by atoms with E-state index in [-0.39, 0.29) is 19.1 Å². The van der Waals surface area contributed by atoms with E-state index >= 15 is 0 Å². The number of hydrogen-bond donors (Lipinski definition) is 2. The minimum Gasteiger partial charge on any atom is -0.395 e. The third-order valence-electron chi connectivity index (χ3n) is 2.76. The van der Waals surface area contributed by atoms with E-state index < -0.39 is 0 Å². The summed E-state index contributed by atoms with van der Waals surface area (Å²) < 4.78 is 0. The van der Waals surface area contributed by atoms with Crippen LogP contribution in [-0.4, -0.2) is 42.7 Å². The molecule has 0 spiro atoms. The van der Waals surface area contributed by atoms with Crippen LogP contribution in [0.2, 0.25) is 0 Å². The number of carbonyl (C=O) groups excluding carboxylic acids is 1. The number of amides is 1. The van der Waals surface area contributed by atoms with Crippen LogP contribution in [0.25, 0.3) is 0 Å². The fourth-order valence-electron chi connectivity index (χ4n) is 1.67. The fraction of sp³-hybridized carbons (Fsp3) is 0.462. The molecule has 2 N–H and O–H groups in total. The van der Waals surface area contributed by atoms with Crippen LogP contribution in [0.1, 0.15) is 11.1 Å². The van der Waals surface area contributed by atoms with Crippen molar-refractivity contribution in [1.29, 1.82) is 0 Å². The molecule has 1 amide bonds. The lowest BCUT2D eigenvalue weighted by molar-refractivity contribution is -0.128. The number of para-hydroxylation sites is 1. The number of aryl methyl sites for hydroxylation is 2. The van der Waals surface area contributed by atoms with E-state index in [2.05, 4.69) is 5.32 Å². The van der Waals surface area contributed by atoms with E-state index in [1.807, 2.05) is 32.0 Å². The van der Waals surface area contributed by atoms with Gasteiger partial charge in [-0.25, -0.2) is 0 Å². The highest BCUT2D eigenvalue weighted by Gasteiger charge is 2.09. The number of likely N-dealkylation sites (N-methyl/N-ethyl adjacent to an activating group) is 1. The summed E-state index contributed by atoms with van der Waals surface area (Å²) in [5.41, 5.74) is 3.27. The lowest BCUT2D eigenvalue weighted by Crippen LogP contribution is -2.34. The Morgan fingerprint density at radius 3 is 2.47 bits per heavy atom. The van der Waals surface area contributed by atoms with Gasteiger partial charge in [0.25, 0.3) is 0 Å². The topological polar surface area (TPSA) is 52.6 Å². The summed E-state index contributed by atoms with van der Waals surface area (Å²) in [7, 11) is 1.69. The summed E-state index contributed by atoms with van der Waals surface area (Å²) in [5, 5.41) is 11.9. The van der Waals surface area contributed by atoms with Crippen molar-refractivity contribution >= 4 is 11.6 Å². The monoisotopic (exact) mass is 236 g/mol. The Bertz CT molecular complexity index is 371. The molecule has 17 heavy (non-hydrogen) atoms. The van der Waals surface area contributed by atoms with E-state index in [9.17, 15) is 4.79 Å². The first-order valence-corrected chi connectivity index (χ1v) is 5.71. The van der Waals surface area contributed by atoms with Gasteiger partial charge in [0.05, 0.1) is 13.2 Å². The minimum absolute atomic E-state index is 0.00830. The Morgan fingerprint density at radius 2 is 1.94 bits per heavy atom. The number of anilines is 1. The van der Waals surface area contributed by atoms with E-state index in [1.54, 1.807) is 7.05 Å². The van der Waals surface area contributed by atoms with Crippen molar-refractivity contribution < 1.29 is 9.90 Å². The summed E-state index contributed by atoms with van der Waals surface area (Å²) in [6, 6.07) is 6.02. The van der Waals surface area contributed by atoms with E-state index in [0.29, 0.717) is 6.54 Å². The maximum atomic E-state index is 11.7. The lowest BCUT2D eigenvalue weighted by atomic mass is 10.1. The number of nitrogens with zero attached hydrogens (tertiary/aromatic N) is 1. The SMILES string of the molecule is Cc1cccc(C)c1NCC(=O)N(C)CCO. The van der Waals surface area contributed by atoms with Crippen molar-refractivity contribution in [2.45, 2.75) is 13.8 Å². The summed E-state index contributed by atoms with van der Waals surface area (Å²) in [5.74, 6) is -0.0262. The molecule has 1 aromatic rings. The van der Waals surface area contributed by atoms with Gasteiger partial charge in [0, 0.05) is 19.3 Å². The van der Waals surface area contributed by atoms with Gasteiger partial charge in [-0.15, -0.1) is 0 Å². The van der Waals surface area contributed by atoms with Crippen molar-refractivity contribution in [3.8, 4) is 0 Å². The summed E-state index contributed by atoms with van der Waals surface area (Å²) in [6.45, 7) is 4.63. The van der Waals surface area contributed by atoms with Crippen LogP contribution in [0.3, 0.4) is 0 Å². The molecule has 0 bridgehead atoms. The van der Waals surface area contributed by atoms with E-state index in [0.717, 1.165) is 16.8 Å². The molecule has 0 atom stereocenters. The Labute approximate surface area is 102 Å². The first kappa shape index (κ1) is 13.5. The van der Waals surface area contributed by atoms with Gasteiger partial charge in [0.2, 0.25) is 5.91 Å². The van der Waals surface area contributed by atoms with Crippen LogP contribution in [0.4, 0.5) is 5.69 Å². The van der Waals surface area contributed by atoms with Gasteiger partial charge in [-0.2, -0.15) is 0 Å². The molecule has 94 valence electrons. The van der Waals surface area contributed by atoms with Gasteiger partial charge in [-0.3, -0.25) is 4.79 Å². The third kappa shape index (κ3) is 3.75. The Kier molecular flexibility index (Phi) is 4.97. The zero-order chi connectivity index (χ0) is 12.8. The second kappa shape index (κ2) is 6.25. The standard InChI is InChI=1S/C13H20N2O2/c1-10-5-4-6-11(2)13(10)14-9-12(17)15(3)7-8-16/h4-6,14,16H,7-9H2,1-3H3. The number of benzene rings is 1. The maximum absolute atomic E-state index is 11.7. The van der Waals surface area contributed by atoms with Crippen LogP contribution in [0.15, 0.2) is 18.2 Å². The Morgan fingerprint density at radius 1 is 1.35 bits per heavy atom.